The molecule has 14 N–H and O–H groups in total. The summed E-state index contributed by atoms with van der Waals surface area (Å²) in [6, 6.07) is -2.52. The molecule has 524 valence electrons. The van der Waals surface area contributed by atoms with Crippen LogP contribution in [0.2, 0.25) is 0 Å². The molecule has 1 aromatic rings. The number of hydrogen-bond acceptors (Lipinski definition) is 23. The van der Waals surface area contributed by atoms with Gasteiger partial charge in [0.2, 0.25) is 23.6 Å². The number of amides is 4. The van der Waals surface area contributed by atoms with Crippen LogP contribution in [0.1, 0.15) is 44.1 Å². The summed E-state index contributed by atoms with van der Waals surface area (Å²) >= 11 is 0. The van der Waals surface area contributed by atoms with Crippen molar-refractivity contribution in [2.75, 3.05) is 151 Å². The molecule has 0 aliphatic carbocycles. The van der Waals surface area contributed by atoms with Crippen LogP contribution in [0.4, 0.5) is 0 Å². The molecule has 2 saturated heterocycles. The van der Waals surface area contributed by atoms with E-state index in [9.17, 15) is 118 Å². The van der Waals surface area contributed by atoms with Crippen LogP contribution >= 0.6 is 0 Å². The summed E-state index contributed by atoms with van der Waals surface area (Å²) in [4.78, 5) is 188. The van der Waals surface area contributed by atoms with Crippen molar-refractivity contribution in [2.45, 2.75) is 75.2 Å². The van der Waals surface area contributed by atoms with Gasteiger partial charge in [-0.05, 0) is 37.0 Å². The van der Waals surface area contributed by atoms with Gasteiger partial charge < -0.3 is 77.1 Å². The molecule has 36 nitrogen and oxygen atoms in total. The number of nitrogens with zero attached hydrogens (tertiary/aromatic N) is 8. The molecule has 2 fully saturated rings. The molecule has 0 aromatic heterocycles. The molecule has 93 heavy (non-hydrogen) atoms. The molecule has 1 aromatic carbocycles. The Labute approximate surface area is 598 Å². The first-order valence-corrected chi connectivity index (χ1v) is 29.2. The van der Waals surface area contributed by atoms with Crippen LogP contribution in [0.25, 0.3) is 0 Å². The molecule has 2 unspecified atom stereocenters. The SMILES string of the molecule is O=C[C@@H](CCC(=O)O)NC(=O)[C@H](Cc1ccc(O)cc1)NC(=O)[C@H](CNC(=O)CCC(C(=O)O)N1CCN(CC(=O)O)CCN(CC(=O)O)CCN(CC(=O)O)CC1)NC(=O)CCC(C(=O)O)N1CCN(CC(=O)O)CCN(CC(=O)O)CCN(CC(=O)O)CC1.[Gd].[Gd]. The zero-order valence-electron chi connectivity index (χ0n) is 51.0. The molecule has 0 bridgehead atoms. The Morgan fingerprint density at radius 1 is 0.398 bits per heavy atom. The normalized spacial score (nSPS) is 17.7. The standard InChI is InChI=1S/C55H84N12O24.2Gd/c68-35-37(3-10-45(72)73)57-52(86)39(27-36-1-4-38(69)5-2-36)59-53(87)40(58-44(71)9-7-42(55(90)91)67-25-21-64(33-50(82)83)17-13-61(30-47(76)77)14-18-65(22-26-67)34-51(84)85)28-56-43(70)8-6-41(54(88)89)66-23-19-62(31-48(78)79)15-11-60(29-46(74)75)12-16-63(20-24-66)32-49(80)81;;/h1-2,4-5,35,37,39-42,69H,3,6-34H2,(H,56,70)(H,57,86)(H,58,71)(H,59,87)(H,72,73)(H,74,75)(H,76,77)(H,78,79)(H,80,81)(H,82,83)(H,84,85)(H,88,89)(H,90,91);;/t37-,39+,40+,41?,42?;;/m1../s1. The summed E-state index contributed by atoms with van der Waals surface area (Å²) < 4.78 is 0. The van der Waals surface area contributed by atoms with Crippen molar-refractivity contribution in [1.29, 1.82) is 0 Å². The van der Waals surface area contributed by atoms with Gasteiger partial charge in [0.15, 0.2) is 0 Å². The minimum atomic E-state index is -1.84. The van der Waals surface area contributed by atoms with Crippen molar-refractivity contribution < 1.29 is 198 Å². The van der Waals surface area contributed by atoms with Gasteiger partial charge in [0, 0.05) is 217 Å². The van der Waals surface area contributed by atoms with Crippen LogP contribution in [-0.2, 0) is 73.5 Å². The number of nitrogens with one attached hydrogen (secondary N) is 4. The molecular formula is C55H84Gd2N12O24. The first-order valence-electron chi connectivity index (χ1n) is 29.2. The van der Waals surface area contributed by atoms with Gasteiger partial charge in [0.05, 0.1) is 45.3 Å². The monoisotopic (exact) mass is 1610 g/mol. The Balaban J connectivity index is 0.0000216. The molecule has 3 rings (SSSR count). The van der Waals surface area contributed by atoms with E-state index in [1.54, 1.807) is 0 Å². The van der Waals surface area contributed by atoms with Crippen molar-refractivity contribution in [3.05, 3.63) is 29.8 Å². The average Bonchev–Trinajstić information content (AvgIpc) is 0.971. The number of benzene rings is 1. The van der Waals surface area contributed by atoms with Gasteiger partial charge in [-0.25, -0.2) is 0 Å². The van der Waals surface area contributed by atoms with Crippen molar-refractivity contribution in [3.8, 4) is 5.75 Å². The van der Waals surface area contributed by atoms with Crippen LogP contribution in [0.15, 0.2) is 24.3 Å². The van der Waals surface area contributed by atoms with Crippen LogP contribution in [0.3, 0.4) is 0 Å². The number of aliphatic carboxylic acids is 9. The van der Waals surface area contributed by atoms with Crippen LogP contribution in [-0.4, -0.2) is 355 Å². The van der Waals surface area contributed by atoms with Crippen molar-refractivity contribution in [1.82, 2.24) is 60.5 Å². The van der Waals surface area contributed by atoms with Crippen molar-refractivity contribution in [2.24, 2.45) is 0 Å². The minimum Gasteiger partial charge on any atom is -0.508 e. The number of rotatable bonds is 35. The van der Waals surface area contributed by atoms with E-state index in [2.05, 4.69) is 21.3 Å². The van der Waals surface area contributed by atoms with Gasteiger partial charge in [-0.3, -0.25) is 102 Å². The summed E-state index contributed by atoms with van der Waals surface area (Å²) in [5, 5.41) is 108. The third-order valence-electron chi connectivity index (χ3n) is 15.0. The van der Waals surface area contributed by atoms with Gasteiger partial charge >= 0.3 is 53.7 Å². The number of carboxylic acids is 9. The molecule has 38 heteroatoms. The molecule has 5 atom stereocenters. The van der Waals surface area contributed by atoms with E-state index in [-0.39, 0.29) is 209 Å². The van der Waals surface area contributed by atoms with Gasteiger partial charge in [0.25, 0.3) is 0 Å². The maximum absolute atomic E-state index is 14.5. The second kappa shape index (κ2) is 45.5. The summed E-state index contributed by atoms with van der Waals surface area (Å²) in [5.74, 6) is -15.8. The third kappa shape index (κ3) is 36.0. The van der Waals surface area contributed by atoms with Crippen LogP contribution in [0.5, 0.6) is 5.75 Å². The summed E-state index contributed by atoms with van der Waals surface area (Å²) in [5.41, 5.74) is 0.330. The Hall–Kier alpha value is -5.87. The fourth-order valence-electron chi connectivity index (χ4n) is 10.2. The molecule has 4 amide bonds. The number of phenols is 1. The molecule has 0 saturated carbocycles. The second-order valence-corrected chi connectivity index (χ2v) is 21.9. The van der Waals surface area contributed by atoms with E-state index in [1.165, 1.54) is 63.5 Å². The summed E-state index contributed by atoms with van der Waals surface area (Å²) in [7, 11) is 0. The van der Waals surface area contributed by atoms with E-state index < -0.39 is 185 Å². The predicted octanol–water partition coefficient (Wildman–Crippen LogP) is -6.01. The smallest absolute Gasteiger partial charge is 0.320 e. The van der Waals surface area contributed by atoms with E-state index in [1.807, 2.05) is 0 Å². The fourth-order valence-corrected chi connectivity index (χ4v) is 10.2. The van der Waals surface area contributed by atoms with E-state index in [0.717, 1.165) is 0 Å². The topological polar surface area (TPSA) is 515 Å². The number of carboxylic acid groups (broad SMARTS) is 9. The fraction of sp³-hybridized carbons (Fsp3) is 0.636. The molecule has 0 spiro atoms. The maximum atomic E-state index is 14.5. The summed E-state index contributed by atoms with van der Waals surface area (Å²) in [6.07, 6.45) is -3.18. The van der Waals surface area contributed by atoms with Crippen LogP contribution in [0, 0.1) is 79.9 Å². The van der Waals surface area contributed by atoms with Crippen molar-refractivity contribution >= 4 is 83.6 Å². The summed E-state index contributed by atoms with van der Waals surface area (Å²) in [6.45, 7) is -4.37. The zero-order chi connectivity index (χ0) is 67.7. The largest absolute Gasteiger partial charge is 0.508 e. The number of carbonyl (C=O) groups is 14. The number of aldehydes is 1. The van der Waals surface area contributed by atoms with Gasteiger partial charge in [-0.1, -0.05) is 12.1 Å². The molecule has 2 aliphatic heterocycles. The van der Waals surface area contributed by atoms with E-state index in [0.29, 0.717) is 5.56 Å². The molecular weight excluding hydrogens is 1530 g/mol. The maximum Gasteiger partial charge on any atom is 0.320 e. The Morgan fingerprint density at radius 3 is 1.03 bits per heavy atom. The van der Waals surface area contributed by atoms with Gasteiger partial charge in [-0.2, -0.15) is 0 Å². The number of carbonyl (C=O) groups excluding carboxylic acids is 5. The van der Waals surface area contributed by atoms with E-state index >= 15 is 0 Å². The van der Waals surface area contributed by atoms with E-state index in [4.69, 9.17) is 0 Å². The molecule has 2 aliphatic rings. The number of hydrogen-bond donors (Lipinski definition) is 14. The molecule has 2 heterocycles. The predicted molar refractivity (Wildman–Crippen MR) is 312 cm³/mol. The van der Waals surface area contributed by atoms with Gasteiger partial charge in [-0.15, -0.1) is 0 Å². The molecule has 0 radical (unpaired) electrons. The van der Waals surface area contributed by atoms with Crippen LogP contribution < -0.4 is 21.3 Å². The zero-order valence-corrected chi connectivity index (χ0v) is 55.5. The Morgan fingerprint density at radius 2 is 0.720 bits per heavy atom. The Bertz CT molecular complexity index is 2610. The third-order valence-corrected chi connectivity index (χ3v) is 15.0. The average molecular weight is 1610 g/mol. The minimum absolute atomic E-state index is 0. The number of phenolic OH excluding ortho intramolecular Hbond substituents is 1. The number of aromatic hydroxyl groups is 1. The second-order valence-electron chi connectivity index (χ2n) is 21.9. The first kappa shape index (κ1) is 85.1. The quantitative estimate of drug-likeness (QED) is 0.0281. The Kier molecular flexibility index (Phi) is 41.7. The first-order chi connectivity index (χ1) is 43.0. The van der Waals surface area contributed by atoms with Crippen molar-refractivity contribution in [3.63, 3.8) is 0 Å². The van der Waals surface area contributed by atoms with Gasteiger partial charge in [0.1, 0.15) is 36.2 Å².